The van der Waals surface area contributed by atoms with Gasteiger partial charge in [-0.2, -0.15) is 0 Å². The summed E-state index contributed by atoms with van der Waals surface area (Å²) in [5.74, 6) is 0.208. The zero-order valence-electron chi connectivity index (χ0n) is 9.74. The molecular weight excluding hydrogens is 210 g/mol. The molecule has 3 N–H and O–H groups in total. The predicted molar refractivity (Wildman–Crippen MR) is 57.8 cm³/mol. The molecule has 0 fully saturated rings. The lowest BCUT2D eigenvalue weighted by Gasteiger charge is -2.23. The van der Waals surface area contributed by atoms with Crippen molar-refractivity contribution in [3.63, 3.8) is 0 Å². The van der Waals surface area contributed by atoms with E-state index in [0.29, 0.717) is 18.9 Å². The summed E-state index contributed by atoms with van der Waals surface area (Å²) in [5.41, 5.74) is 5.28. The van der Waals surface area contributed by atoms with Crippen molar-refractivity contribution in [2.75, 3.05) is 13.7 Å². The number of hydrogen-bond acceptors (Lipinski definition) is 5. The number of rotatable bonds is 5. The lowest BCUT2D eigenvalue weighted by Crippen LogP contribution is -2.48. The van der Waals surface area contributed by atoms with Crippen LogP contribution in [0.4, 0.5) is 0 Å². The Morgan fingerprint density at radius 3 is 2.94 bits per heavy atom. The van der Waals surface area contributed by atoms with Gasteiger partial charge in [-0.3, -0.25) is 4.79 Å². The molecule has 6 nitrogen and oxygen atoms in total. The second-order valence-electron chi connectivity index (χ2n) is 4.15. The summed E-state index contributed by atoms with van der Waals surface area (Å²) < 4.78 is 9.76. The Kier molecular flexibility index (Phi) is 4.03. The molecule has 0 aliphatic rings. The molecule has 0 radical (unpaired) electrons. The highest BCUT2D eigenvalue weighted by molar-refractivity contribution is 5.92. The first kappa shape index (κ1) is 12.7. The van der Waals surface area contributed by atoms with Gasteiger partial charge in [0.05, 0.1) is 0 Å². The molecule has 0 spiro atoms. The highest BCUT2D eigenvalue weighted by Gasteiger charge is 2.21. The molecule has 6 heteroatoms. The van der Waals surface area contributed by atoms with E-state index >= 15 is 0 Å². The van der Waals surface area contributed by atoms with Crippen LogP contribution in [-0.4, -0.2) is 30.3 Å². The van der Waals surface area contributed by atoms with Gasteiger partial charge in [-0.15, -0.1) is 0 Å². The van der Waals surface area contributed by atoms with Crippen LogP contribution in [0, 0.1) is 0 Å². The predicted octanol–water partition coefficient (Wildman–Crippen LogP) is 0.288. The first-order chi connectivity index (χ1) is 7.48. The van der Waals surface area contributed by atoms with E-state index in [2.05, 4.69) is 10.5 Å². The second kappa shape index (κ2) is 5.09. The molecule has 0 aliphatic heterocycles. The van der Waals surface area contributed by atoms with Gasteiger partial charge in [0.1, 0.15) is 6.61 Å². The third-order valence-corrected chi connectivity index (χ3v) is 2.04. The summed E-state index contributed by atoms with van der Waals surface area (Å²) in [4.78, 5) is 11.7. The third kappa shape index (κ3) is 3.32. The van der Waals surface area contributed by atoms with Crippen LogP contribution in [0.3, 0.4) is 0 Å². The number of hydrogen-bond donors (Lipinski definition) is 2. The van der Waals surface area contributed by atoms with Gasteiger partial charge in [-0.25, -0.2) is 0 Å². The van der Waals surface area contributed by atoms with E-state index in [0.717, 1.165) is 0 Å². The number of nitrogens with one attached hydrogen (secondary N) is 1. The molecule has 1 rings (SSSR count). The first-order valence-corrected chi connectivity index (χ1v) is 4.95. The zero-order chi connectivity index (χ0) is 12.2. The molecule has 0 atom stereocenters. The minimum atomic E-state index is -0.461. The van der Waals surface area contributed by atoms with E-state index in [-0.39, 0.29) is 11.6 Å². The van der Waals surface area contributed by atoms with E-state index < -0.39 is 5.54 Å². The van der Waals surface area contributed by atoms with Crippen LogP contribution in [0.5, 0.6) is 0 Å². The number of carbonyl (C=O) groups excluding carboxylic acids is 1. The van der Waals surface area contributed by atoms with Crippen LogP contribution in [0.1, 0.15) is 30.1 Å². The maximum atomic E-state index is 11.7. The van der Waals surface area contributed by atoms with Crippen LogP contribution in [0.2, 0.25) is 0 Å². The Morgan fingerprint density at radius 1 is 1.69 bits per heavy atom. The van der Waals surface area contributed by atoms with Crippen LogP contribution < -0.4 is 11.1 Å². The summed E-state index contributed by atoms with van der Waals surface area (Å²) in [7, 11) is 1.54. The number of nitrogens with two attached hydrogens (primary N) is 1. The molecule has 16 heavy (non-hydrogen) atoms. The molecule has 0 saturated carbocycles. The number of methoxy groups -OCH3 is 1. The molecule has 0 bridgehead atoms. The highest BCUT2D eigenvalue weighted by Crippen LogP contribution is 2.07. The highest BCUT2D eigenvalue weighted by atomic mass is 16.5. The van der Waals surface area contributed by atoms with Gasteiger partial charge in [0.15, 0.2) is 11.5 Å². The van der Waals surface area contributed by atoms with Gasteiger partial charge in [-0.05, 0) is 13.8 Å². The van der Waals surface area contributed by atoms with Gasteiger partial charge < -0.3 is 20.3 Å². The molecule has 0 saturated heterocycles. The maximum Gasteiger partial charge on any atom is 0.273 e. The Balaban J connectivity index is 2.66. The molecule has 0 aliphatic carbocycles. The average molecular weight is 227 g/mol. The second-order valence-corrected chi connectivity index (χ2v) is 4.15. The number of nitrogens with zero attached hydrogens (tertiary/aromatic N) is 1. The van der Waals surface area contributed by atoms with E-state index in [9.17, 15) is 4.79 Å². The lowest BCUT2D eigenvalue weighted by atomic mass is 10.1. The summed E-state index contributed by atoms with van der Waals surface area (Å²) in [5, 5.41) is 6.40. The molecule has 1 aromatic rings. The van der Waals surface area contributed by atoms with Crippen LogP contribution in [-0.2, 0) is 11.3 Å². The van der Waals surface area contributed by atoms with E-state index in [1.807, 2.05) is 13.8 Å². The Morgan fingerprint density at radius 2 is 2.38 bits per heavy atom. The molecule has 90 valence electrons. The van der Waals surface area contributed by atoms with Gasteiger partial charge in [0.25, 0.3) is 5.91 Å². The fraction of sp³-hybridized carbons (Fsp3) is 0.600. The van der Waals surface area contributed by atoms with E-state index in [1.54, 1.807) is 13.2 Å². The van der Waals surface area contributed by atoms with Crippen molar-refractivity contribution < 1.29 is 14.1 Å². The topological polar surface area (TPSA) is 90.4 Å². The SMILES string of the molecule is COCc1cc(C(=O)NC(C)(C)CN)no1. The Labute approximate surface area is 94.1 Å². The van der Waals surface area contributed by atoms with Gasteiger partial charge in [0, 0.05) is 25.3 Å². The molecule has 1 heterocycles. The summed E-state index contributed by atoms with van der Waals surface area (Å²) >= 11 is 0. The van der Waals surface area contributed by atoms with Crippen LogP contribution >= 0.6 is 0 Å². The summed E-state index contributed by atoms with van der Waals surface area (Å²) in [6.45, 7) is 4.31. The fourth-order valence-corrected chi connectivity index (χ4v) is 1.05. The lowest BCUT2D eigenvalue weighted by molar-refractivity contribution is 0.0905. The molecule has 0 unspecified atom stereocenters. The fourth-order valence-electron chi connectivity index (χ4n) is 1.05. The summed E-state index contributed by atoms with van der Waals surface area (Å²) in [6, 6.07) is 1.55. The molecule has 1 aromatic heterocycles. The summed E-state index contributed by atoms with van der Waals surface area (Å²) in [6.07, 6.45) is 0. The smallest absolute Gasteiger partial charge is 0.273 e. The largest absolute Gasteiger partial charge is 0.377 e. The van der Waals surface area contributed by atoms with Crippen molar-refractivity contribution in [2.24, 2.45) is 5.73 Å². The maximum absolute atomic E-state index is 11.7. The molecular formula is C10H17N3O3. The van der Waals surface area contributed by atoms with Crippen molar-refractivity contribution >= 4 is 5.91 Å². The van der Waals surface area contributed by atoms with Crippen molar-refractivity contribution in [3.8, 4) is 0 Å². The number of ether oxygens (including phenoxy) is 1. The van der Waals surface area contributed by atoms with Crippen LogP contribution in [0.15, 0.2) is 10.6 Å². The van der Waals surface area contributed by atoms with Crippen molar-refractivity contribution in [1.29, 1.82) is 0 Å². The minimum Gasteiger partial charge on any atom is -0.377 e. The number of aromatic nitrogens is 1. The number of carbonyl (C=O) groups is 1. The standard InChI is InChI=1S/C10H17N3O3/c1-10(2,6-11)12-9(14)8-4-7(5-15-3)16-13-8/h4H,5-6,11H2,1-3H3,(H,12,14). The van der Waals surface area contributed by atoms with E-state index in [1.165, 1.54) is 0 Å². The normalized spacial score (nSPS) is 11.5. The molecule has 1 amide bonds. The Hall–Kier alpha value is -1.40. The van der Waals surface area contributed by atoms with Crippen molar-refractivity contribution in [1.82, 2.24) is 10.5 Å². The monoisotopic (exact) mass is 227 g/mol. The Bertz CT molecular complexity index is 360. The van der Waals surface area contributed by atoms with Crippen LogP contribution in [0.25, 0.3) is 0 Å². The van der Waals surface area contributed by atoms with E-state index in [4.69, 9.17) is 15.0 Å². The average Bonchev–Trinajstić information content (AvgIpc) is 2.66. The van der Waals surface area contributed by atoms with Gasteiger partial charge >= 0.3 is 0 Å². The zero-order valence-corrected chi connectivity index (χ0v) is 9.74. The quantitative estimate of drug-likeness (QED) is 0.754. The minimum absolute atomic E-state index is 0.230. The third-order valence-electron chi connectivity index (χ3n) is 2.04. The van der Waals surface area contributed by atoms with Crippen molar-refractivity contribution in [2.45, 2.75) is 26.0 Å². The number of amides is 1. The van der Waals surface area contributed by atoms with Gasteiger partial charge in [-0.1, -0.05) is 5.16 Å². The van der Waals surface area contributed by atoms with Crippen molar-refractivity contribution in [3.05, 3.63) is 17.5 Å². The molecule has 0 aromatic carbocycles. The van der Waals surface area contributed by atoms with Gasteiger partial charge in [0.2, 0.25) is 0 Å². The first-order valence-electron chi connectivity index (χ1n) is 4.95.